The maximum atomic E-state index is 12.6. The second-order valence-electron chi connectivity index (χ2n) is 14.0. The minimum absolute atomic E-state index is 0.127. The number of hydrogen-bond donors (Lipinski definition) is 0. The van der Waals surface area contributed by atoms with E-state index in [-0.39, 0.29) is 24.3 Å². The lowest BCUT2D eigenvalue weighted by Crippen LogP contribution is -2.30. The molecule has 318 valence electrons. The molecule has 60 heavy (non-hydrogen) atoms. The highest BCUT2D eigenvalue weighted by Crippen LogP contribution is 2.27. The van der Waals surface area contributed by atoms with Crippen molar-refractivity contribution >= 4 is 46.5 Å². The van der Waals surface area contributed by atoms with Crippen molar-refractivity contribution in [1.29, 1.82) is 0 Å². The van der Waals surface area contributed by atoms with E-state index < -0.39 is 23.9 Å². The Morgan fingerprint density at radius 3 is 1.95 bits per heavy atom. The van der Waals surface area contributed by atoms with Gasteiger partial charge in [-0.25, -0.2) is 19.2 Å². The van der Waals surface area contributed by atoms with Crippen LogP contribution >= 0.6 is 0 Å². The second kappa shape index (κ2) is 24.4. The monoisotopic (exact) mass is 823 g/mol. The van der Waals surface area contributed by atoms with Gasteiger partial charge in [-0.15, -0.1) is 0 Å². The van der Waals surface area contributed by atoms with Crippen molar-refractivity contribution in [1.82, 2.24) is 4.90 Å². The van der Waals surface area contributed by atoms with Gasteiger partial charge in [0, 0.05) is 19.2 Å². The van der Waals surface area contributed by atoms with Gasteiger partial charge in [-0.2, -0.15) is 0 Å². The molecule has 2 amide bonds. The Bertz CT molecular complexity index is 2070. The van der Waals surface area contributed by atoms with Crippen LogP contribution in [0.4, 0.5) is 0 Å². The summed E-state index contributed by atoms with van der Waals surface area (Å²) in [5.74, 6) is -1.06. The third-order valence-corrected chi connectivity index (χ3v) is 9.51. The molecule has 1 fully saturated rings. The second-order valence-corrected chi connectivity index (χ2v) is 14.0. The average molecular weight is 824 g/mol. The lowest BCUT2D eigenvalue weighted by atomic mass is 10.1. The summed E-state index contributed by atoms with van der Waals surface area (Å²) in [6.45, 7) is 8.76. The number of hydrogen-bond acceptors (Lipinski definition) is 12. The Morgan fingerprint density at radius 1 is 0.717 bits per heavy atom. The SMILES string of the molecule is C=CC(=O)OCCCCCCOC1=CC=C2C=C(C(=O)OC3CC(=O)N(C)C3=O)C=CC(=C1)C2.C=CC(=O)OCCCCCCOc1ccc2cc(C(=O)OC)ccc2c1. The molecule has 2 aliphatic carbocycles. The molecule has 13 heteroatoms. The fourth-order valence-electron chi connectivity index (χ4n) is 6.16. The van der Waals surface area contributed by atoms with E-state index in [4.69, 9.17) is 28.4 Å². The number of fused-ring (bicyclic) bond motifs is 3. The van der Waals surface area contributed by atoms with Crippen LogP contribution in [0.25, 0.3) is 10.8 Å². The van der Waals surface area contributed by atoms with Crippen LogP contribution in [-0.2, 0) is 47.7 Å². The summed E-state index contributed by atoms with van der Waals surface area (Å²) < 4.78 is 31.6. The highest BCUT2D eigenvalue weighted by molar-refractivity contribution is 6.06. The molecule has 2 aromatic rings. The molecule has 13 nitrogen and oxygen atoms in total. The van der Waals surface area contributed by atoms with Gasteiger partial charge < -0.3 is 28.4 Å². The van der Waals surface area contributed by atoms with E-state index in [0.29, 0.717) is 44.0 Å². The minimum Gasteiger partial charge on any atom is -0.494 e. The lowest BCUT2D eigenvalue weighted by molar-refractivity contribution is -0.152. The van der Waals surface area contributed by atoms with Crippen molar-refractivity contribution in [2.75, 3.05) is 40.6 Å². The van der Waals surface area contributed by atoms with Crippen LogP contribution in [0.15, 0.2) is 121 Å². The molecule has 1 saturated heterocycles. The van der Waals surface area contributed by atoms with Crippen LogP contribution in [-0.4, -0.2) is 87.3 Å². The molecule has 0 aromatic heterocycles. The van der Waals surface area contributed by atoms with Crippen LogP contribution in [0.1, 0.15) is 74.6 Å². The van der Waals surface area contributed by atoms with Gasteiger partial charge in [-0.1, -0.05) is 37.4 Å². The number of allylic oxidation sites excluding steroid dienone is 7. The third-order valence-electron chi connectivity index (χ3n) is 9.51. The number of methoxy groups -OCH3 is 1. The number of esters is 4. The lowest BCUT2D eigenvalue weighted by Gasteiger charge is -2.11. The highest BCUT2D eigenvalue weighted by Gasteiger charge is 2.39. The smallest absolute Gasteiger partial charge is 0.338 e. The molecular formula is C47H53NO12. The van der Waals surface area contributed by atoms with Gasteiger partial charge in [-0.05, 0) is 128 Å². The van der Waals surface area contributed by atoms with E-state index in [1.165, 1.54) is 20.2 Å². The summed E-state index contributed by atoms with van der Waals surface area (Å²) in [5, 5.41) is 1.98. The molecular weight excluding hydrogens is 771 g/mol. The fraction of sp³-hybridized carbons (Fsp3) is 0.362. The van der Waals surface area contributed by atoms with Crippen LogP contribution in [0.5, 0.6) is 5.75 Å². The van der Waals surface area contributed by atoms with Crippen molar-refractivity contribution < 1.29 is 57.2 Å². The number of likely N-dealkylation sites (tertiary alicyclic amines) is 1. The quantitative estimate of drug-likeness (QED) is 0.0401. The summed E-state index contributed by atoms with van der Waals surface area (Å²) >= 11 is 0. The Labute approximate surface area is 350 Å². The molecule has 1 heterocycles. The fourth-order valence-corrected chi connectivity index (χ4v) is 6.16. The van der Waals surface area contributed by atoms with Crippen molar-refractivity contribution in [2.24, 2.45) is 0 Å². The topological polar surface area (TPSA) is 161 Å². The molecule has 2 bridgehead atoms. The standard InChI is InChI=1S/C26H29NO7.C21H24O5/c1-3-24(29)33-13-7-5-4-6-12-32-21-11-9-18-14-19(16-21)8-10-20(15-18)26(31)34-22-17-23(28)27(2)25(22)30;1-3-20(22)26-13-7-5-4-6-12-25-19-11-10-16-14-18(21(23)24-2)9-8-17(16)15-19/h3,8-11,15-16,22H,1,4-7,12-14,17H2,2H3;3,8-11,14-15H,1,4-7,12-13H2,2H3. The van der Waals surface area contributed by atoms with Gasteiger partial charge in [0.1, 0.15) is 11.5 Å². The zero-order chi connectivity index (χ0) is 43.3. The molecule has 0 spiro atoms. The molecule has 0 radical (unpaired) electrons. The minimum atomic E-state index is -1.07. The first kappa shape index (κ1) is 46.2. The highest BCUT2D eigenvalue weighted by atomic mass is 16.6. The first-order valence-corrected chi connectivity index (χ1v) is 20.0. The molecule has 1 atom stereocenters. The van der Waals surface area contributed by atoms with E-state index in [0.717, 1.165) is 95.8 Å². The zero-order valence-corrected chi connectivity index (χ0v) is 34.3. The molecule has 2 aromatic carbocycles. The maximum Gasteiger partial charge on any atom is 0.338 e. The van der Waals surface area contributed by atoms with Gasteiger partial charge in [0.15, 0.2) is 6.10 Å². The van der Waals surface area contributed by atoms with Gasteiger partial charge in [0.25, 0.3) is 5.91 Å². The summed E-state index contributed by atoms with van der Waals surface area (Å²) in [4.78, 5) is 70.6. The Hall–Kier alpha value is -6.50. The van der Waals surface area contributed by atoms with Crippen molar-refractivity contribution in [3.8, 4) is 5.75 Å². The molecule has 1 aliphatic heterocycles. The first-order chi connectivity index (χ1) is 29.0. The average Bonchev–Trinajstić information content (AvgIpc) is 3.44. The van der Waals surface area contributed by atoms with Crippen molar-refractivity contribution in [2.45, 2.75) is 70.3 Å². The number of nitrogens with zero attached hydrogens (tertiary/aromatic N) is 1. The van der Waals surface area contributed by atoms with Crippen LogP contribution in [0.2, 0.25) is 0 Å². The predicted octanol–water partition coefficient (Wildman–Crippen LogP) is 7.52. The van der Waals surface area contributed by atoms with Crippen LogP contribution in [0, 0.1) is 0 Å². The number of carbonyl (C=O) groups excluding carboxylic acids is 6. The largest absolute Gasteiger partial charge is 0.494 e. The van der Waals surface area contributed by atoms with Gasteiger partial charge in [0.05, 0.1) is 51.1 Å². The normalized spacial score (nSPS) is 15.4. The number of amides is 2. The predicted molar refractivity (Wildman–Crippen MR) is 224 cm³/mol. The number of unbranched alkanes of at least 4 members (excludes halogenated alkanes) is 6. The Balaban J connectivity index is 0.000000275. The summed E-state index contributed by atoms with van der Waals surface area (Å²) in [7, 11) is 2.75. The molecule has 5 rings (SSSR count). The number of rotatable bonds is 21. The van der Waals surface area contributed by atoms with Gasteiger partial charge >= 0.3 is 23.9 Å². The van der Waals surface area contributed by atoms with Crippen LogP contribution in [0.3, 0.4) is 0 Å². The van der Waals surface area contributed by atoms with E-state index in [2.05, 4.69) is 13.2 Å². The molecule has 0 N–H and O–H groups in total. The number of carbonyl (C=O) groups is 6. The van der Waals surface area contributed by atoms with E-state index >= 15 is 0 Å². The summed E-state index contributed by atoms with van der Waals surface area (Å²) in [5.41, 5.74) is 2.74. The zero-order valence-electron chi connectivity index (χ0n) is 34.3. The number of ether oxygens (including phenoxy) is 6. The summed E-state index contributed by atoms with van der Waals surface area (Å²) in [6, 6.07) is 11.2. The first-order valence-electron chi connectivity index (χ1n) is 20.0. The van der Waals surface area contributed by atoms with E-state index in [9.17, 15) is 28.8 Å². The maximum absolute atomic E-state index is 12.6. The molecule has 1 unspecified atom stereocenters. The van der Waals surface area contributed by atoms with E-state index in [1.807, 2.05) is 54.6 Å². The summed E-state index contributed by atoms with van der Waals surface area (Å²) in [6.07, 6.45) is 20.1. The van der Waals surface area contributed by atoms with Crippen molar-refractivity contribution in [3.05, 3.63) is 126 Å². The third kappa shape index (κ3) is 15.0. The number of imide groups is 1. The Kier molecular flexibility index (Phi) is 18.8. The van der Waals surface area contributed by atoms with Crippen LogP contribution < -0.4 is 4.74 Å². The molecule has 0 saturated carbocycles. The van der Waals surface area contributed by atoms with E-state index in [1.54, 1.807) is 18.2 Å². The number of benzene rings is 2. The van der Waals surface area contributed by atoms with Gasteiger partial charge in [-0.3, -0.25) is 14.5 Å². The number of likely N-dealkylation sites (N-methyl/N-ethyl adjacent to an activating group) is 1. The van der Waals surface area contributed by atoms with Crippen molar-refractivity contribution in [3.63, 3.8) is 0 Å². The Morgan fingerprint density at radius 2 is 1.33 bits per heavy atom. The molecule has 3 aliphatic rings. The van der Waals surface area contributed by atoms with Gasteiger partial charge in [0.2, 0.25) is 5.91 Å².